The van der Waals surface area contributed by atoms with E-state index in [1.807, 2.05) is 18.7 Å². The smallest absolute Gasteiger partial charge is 0.239 e. The number of hydrogen-bond acceptors (Lipinski definition) is 5. The van der Waals surface area contributed by atoms with Gasteiger partial charge in [-0.05, 0) is 13.3 Å². The van der Waals surface area contributed by atoms with Gasteiger partial charge < -0.3 is 9.64 Å². The molecule has 2 aliphatic rings. The van der Waals surface area contributed by atoms with Crippen molar-refractivity contribution in [1.29, 1.82) is 5.26 Å². The van der Waals surface area contributed by atoms with Gasteiger partial charge in [-0.1, -0.05) is 6.92 Å². The van der Waals surface area contributed by atoms with E-state index in [-0.39, 0.29) is 18.0 Å². The van der Waals surface area contributed by atoms with Gasteiger partial charge in [-0.15, -0.1) is 0 Å². The quantitative estimate of drug-likeness (QED) is 0.739. The summed E-state index contributed by atoms with van der Waals surface area (Å²) in [6.45, 7) is 10.2. The van der Waals surface area contributed by atoms with Crippen LogP contribution in [-0.2, 0) is 9.53 Å². The van der Waals surface area contributed by atoms with E-state index in [2.05, 4.69) is 15.9 Å². The highest BCUT2D eigenvalue weighted by Crippen LogP contribution is 2.13. The van der Waals surface area contributed by atoms with Crippen LogP contribution in [-0.4, -0.2) is 85.2 Å². The second kappa shape index (κ2) is 7.74. The number of carbonyl (C=O) groups excluding carboxylic acids is 1. The Morgan fingerprint density at radius 1 is 1.14 bits per heavy atom. The number of carbonyl (C=O) groups is 1. The Kier molecular flexibility index (Phi) is 5.97. The SMILES string of the molecule is CCC(C#N)N1CCN(C(C)C(=O)N2CCOCC2)CC1. The molecule has 2 saturated heterocycles. The Labute approximate surface area is 127 Å². The second-order valence-electron chi connectivity index (χ2n) is 5.74. The molecule has 2 atom stereocenters. The van der Waals surface area contributed by atoms with Gasteiger partial charge in [-0.2, -0.15) is 5.26 Å². The van der Waals surface area contributed by atoms with Crippen LogP contribution in [0.15, 0.2) is 0 Å². The van der Waals surface area contributed by atoms with Crippen LogP contribution in [0.3, 0.4) is 0 Å². The summed E-state index contributed by atoms with van der Waals surface area (Å²) >= 11 is 0. The standard InChI is InChI=1S/C15H26N4O2/c1-3-14(12-16)18-6-4-17(5-7-18)13(2)15(20)19-8-10-21-11-9-19/h13-14H,3-11H2,1-2H3. The highest BCUT2D eigenvalue weighted by atomic mass is 16.5. The first-order valence-corrected chi connectivity index (χ1v) is 7.91. The molecular formula is C15H26N4O2. The summed E-state index contributed by atoms with van der Waals surface area (Å²) in [6.07, 6.45) is 0.860. The van der Waals surface area contributed by atoms with Gasteiger partial charge >= 0.3 is 0 Å². The average Bonchev–Trinajstić information content (AvgIpc) is 2.56. The largest absolute Gasteiger partial charge is 0.378 e. The van der Waals surface area contributed by atoms with Crippen molar-refractivity contribution in [2.75, 3.05) is 52.5 Å². The second-order valence-corrected chi connectivity index (χ2v) is 5.74. The number of amides is 1. The molecule has 0 aromatic heterocycles. The van der Waals surface area contributed by atoms with E-state index in [0.717, 1.165) is 32.6 Å². The molecule has 0 aromatic carbocycles. The number of hydrogen-bond donors (Lipinski definition) is 0. The Balaban J connectivity index is 1.83. The molecule has 0 N–H and O–H groups in total. The number of morpholine rings is 1. The van der Waals surface area contributed by atoms with E-state index in [9.17, 15) is 4.79 Å². The Hall–Kier alpha value is -1.16. The molecule has 6 nitrogen and oxygen atoms in total. The third kappa shape index (κ3) is 3.94. The summed E-state index contributed by atoms with van der Waals surface area (Å²) < 4.78 is 5.30. The number of nitriles is 1. The lowest BCUT2D eigenvalue weighted by Gasteiger charge is -2.40. The minimum atomic E-state index is -0.0765. The molecule has 0 aromatic rings. The van der Waals surface area contributed by atoms with Gasteiger partial charge in [0.1, 0.15) is 0 Å². The van der Waals surface area contributed by atoms with Crippen LogP contribution in [0.5, 0.6) is 0 Å². The molecule has 2 aliphatic heterocycles. The molecular weight excluding hydrogens is 268 g/mol. The van der Waals surface area contributed by atoms with Gasteiger partial charge in [-0.3, -0.25) is 14.6 Å². The number of rotatable bonds is 4. The van der Waals surface area contributed by atoms with Crippen LogP contribution in [0.4, 0.5) is 0 Å². The van der Waals surface area contributed by atoms with Crippen molar-refractivity contribution >= 4 is 5.91 Å². The molecule has 0 spiro atoms. The van der Waals surface area contributed by atoms with Crippen molar-refractivity contribution in [2.45, 2.75) is 32.4 Å². The first-order chi connectivity index (χ1) is 10.2. The van der Waals surface area contributed by atoms with Crippen LogP contribution < -0.4 is 0 Å². The third-order valence-electron chi connectivity index (χ3n) is 4.55. The number of piperazine rings is 1. The molecule has 2 fully saturated rings. The molecule has 2 unspecified atom stereocenters. The lowest BCUT2D eigenvalue weighted by Crippen LogP contribution is -2.57. The van der Waals surface area contributed by atoms with E-state index in [1.54, 1.807) is 0 Å². The molecule has 0 radical (unpaired) electrons. The summed E-state index contributed by atoms with van der Waals surface area (Å²) in [4.78, 5) is 18.9. The molecule has 0 saturated carbocycles. The minimum absolute atomic E-state index is 0.0115. The number of nitrogens with zero attached hydrogens (tertiary/aromatic N) is 4. The van der Waals surface area contributed by atoms with Crippen molar-refractivity contribution in [2.24, 2.45) is 0 Å². The van der Waals surface area contributed by atoms with Crippen molar-refractivity contribution in [3.05, 3.63) is 0 Å². The topological polar surface area (TPSA) is 59.8 Å². The molecule has 118 valence electrons. The maximum Gasteiger partial charge on any atom is 0.239 e. The lowest BCUT2D eigenvalue weighted by atomic mass is 10.1. The zero-order valence-corrected chi connectivity index (χ0v) is 13.1. The summed E-state index contributed by atoms with van der Waals surface area (Å²) in [7, 11) is 0. The first-order valence-electron chi connectivity index (χ1n) is 7.91. The maximum atomic E-state index is 12.5. The molecule has 2 heterocycles. The maximum absolute atomic E-state index is 12.5. The summed E-state index contributed by atoms with van der Waals surface area (Å²) in [5, 5.41) is 9.13. The predicted molar refractivity (Wildman–Crippen MR) is 79.7 cm³/mol. The third-order valence-corrected chi connectivity index (χ3v) is 4.55. The van der Waals surface area contributed by atoms with Crippen LogP contribution in [0, 0.1) is 11.3 Å². The monoisotopic (exact) mass is 294 g/mol. The van der Waals surface area contributed by atoms with Crippen LogP contribution in [0.1, 0.15) is 20.3 Å². The Bertz CT molecular complexity index is 382. The van der Waals surface area contributed by atoms with Crippen molar-refractivity contribution < 1.29 is 9.53 Å². The predicted octanol–water partition coefficient (Wildman–Crippen LogP) is 0.153. The highest BCUT2D eigenvalue weighted by molar-refractivity contribution is 5.81. The fourth-order valence-electron chi connectivity index (χ4n) is 3.07. The van der Waals surface area contributed by atoms with Gasteiger partial charge in [0.15, 0.2) is 0 Å². The molecule has 6 heteroatoms. The average molecular weight is 294 g/mol. The van der Waals surface area contributed by atoms with Crippen LogP contribution >= 0.6 is 0 Å². The fourth-order valence-corrected chi connectivity index (χ4v) is 3.07. The van der Waals surface area contributed by atoms with E-state index in [0.29, 0.717) is 26.3 Å². The number of ether oxygens (including phenoxy) is 1. The summed E-state index contributed by atoms with van der Waals surface area (Å²) in [6, 6.07) is 2.29. The Morgan fingerprint density at radius 3 is 2.24 bits per heavy atom. The molecule has 0 bridgehead atoms. The zero-order valence-electron chi connectivity index (χ0n) is 13.1. The van der Waals surface area contributed by atoms with Crippen molar-refractivity contribution in [3.8, 4) is 6.07 Å². The molecule has 0 aliphatic carbocycles. The minimum Gasteiger partial charge on any atom is -0.378 e. The van der Waals surface area contributed by atoms with Crippen molar-refractivity contribution in [1.82, 2.24) is 14.7 Å². The zero-order chi connectivity index (χ0) is 15.2. The van der Waals surface area contributed by atoms with Gasteiger partial charge in [0.2, 0.25) is 5.91 Å². The normalized spacial score (nSPS) is 24.3. The van der Waals surface area contributed by atoms with Crippen LogP contribution in [0.25, 0.3) is 0 Å². The van der Waals surface area contributed by atoms with E-state index >= 15 is 0 Å². The first kappa shape index (κ1) is 16.2. The van der Waals surface area contributed by atoms with Gasteiger partial charge in [0, 0.05) is 39.3 Å². The molecule has 2 rings (SSSR count). The van der Waals surface area contributed by atoms with Crippen LogP contribution in [0.2, 0.25) is 0 Å². The van der Waals surface area contributed by atoms with Gasteiger partial charge in [0.25, 0.3) is 0 Å². The summed E-state index contributed by atoms with van der Waals surface area (Å²) in [5.74, 6) is 0.207. The Morgan fingerprint density at radius 2 is 1.71 bits per heavy atom. The fraction of sp³-hybridized carbons (Fsp3) is 0.867. The lowest BCUT2D eigenvalue weighted by molar-refractivity contribution is -0.141. The van der Waals surface area contributed by atoms with Gasteiger partial charge in [-0.25, -0.2) is 0 Å². The molecule has 21 heavy (non-hydrogen) atoms. The van der Waals surface area contributed by atoms with E-state index < -0.39 is 0 Å². The molecule has 1 amide bonds. The summed E-state index contributed by atoms with van der Waals surface area (Å²) in [5.41, 5.74) is 0. The van der Waals surface area contributed by atoms with E-state index in [4.69, 9.17) is 10.00 Å². The highest BCUT2D eigenvalue weighted by Gasteiger charge is 2.30. The van der Waals surface area contributed by atoms with Gasteiger partial charge in [0.05, 0.1) is 31.4 Å². The van der Waals surface area contributed by atoms with E-state index in [1.165, 1.54) is 0 Å². The van der Waals surface area contributed by atoms with Crippen molar-refractivity contribution in [3.63, 3.8) is 0 Å².